The first-order valence-electron chi connectivity index (χ1n) is 7.70. The van der Waals surface area contributed by atoms with E-state index in [1.54, 1.807) is 12.3 Å². The fourth-order valence-electron chi connectivity index (χ4n) is 2.71. The molecule has 0 aliphatic carbocycles. The van der Waals surface area contributed by atoms with E-state index in [2.05, 4.69) is 4.98 Å². The van der Waals surface area contributed by atoms with Crippen molar-refractivity contribution < 1.29 is 19.4 Å². The number of ether oxygens (including phenoxy) is 1. The molecule has 124 valence electrons. The summed E-state index contributed by atoms with van der Waals surface area (Å²) < 4.78 is 5.15. The maximum atomic E-state index is 12.7. The van der Waals surface area contributed by atoms with Gasteiger partial charge in [-0.05, 0) is 18.6 Å². The standard InChI is InChI=1S/C18H18N2O4/c1-12-3-2-4-13(7-12)14-8-15(10-19-9-14)17(21)20-5-6-24-16(11-20)18(22)23/h2-4,7-10,16H,5-6,11H2,1H3,(H,22,23). The van der Waals surface area contributed by atoms with Crippen molar-refractivity contribution in [2.75, 3.05) is 19.7 Å². The van der Waals surface area contributed by atoms with Crippen LogP contribution in [0.25, 0.3) is 11.1 Å². The molecule has 1 N–H and O–H groups in total. The van der Waals surface area contributed by atoms with E-state index in [9.17, 15) is 9.59 Å². The maximum absolute atomic E-state index is 12.7. The van der Waals surface area contributed by atoms with Gasteiger partial charge in [0.05, 0.1) is 18.7 Å². The number of carbonyl (C=O) groups excluding carboxylic acids is 1. The fourth-order valence-corrected chi connectivity index (χ4v) is 2.71. The predicted molar refractivity (Wildman–Crippen MR) is 87.7 cm³/mol. The topological polar surface area (TPSA) is 79.7 Å². The number of benzene rings is 1. The summed E-state index contributed by atoms with van der Waals surface area (Å²) in [5.41, 5.74) is 3.41. The Morgan fingerprint density at radius 1 is 1.25 bits per heavy atom. The highest BCUT2D eigenvalue weighted by Gasteiger charge is 2.29. The number of carboxylic acids is 1. The summed E-state index contributed by atoms with van der Waals surface area (Å²) in [6.07, 6.45) is 2.24. The molecular formula is C18H18N2O4. The number of morpholine rings is 1. The SMILES string of the molecule is Cc1cccc(-c2cncc(C(=O)N3CCOC(C(=O)O)C3)c2)c1. The molecule has 1 amide bonds. The number of carboxylic acid groups (broad SMARTS) is 1. The first kappa shape index (κ1) is 16.1. The van der Waals surface area contributed by atoms with E-state index >= 15 is 0 Å². The molecular weight excluding hydrogens is 308 g/mol. The van der Waals surface area contributed by atoms with E-state index in [1.807, 2.05) is 31.2 Å². The predicted octanol–water partition coefficient (Wildman–Crippen LogP) is 1.98. The van der Waals surface area contributed by atoms with Crippen LogP contribution in [0.5, 0.6) is 0 Å². The average molecular weight is 326 g/mol. The van der Waals surface area contributed by atoms with Crippen molar-refractivity contribution >= 4 is 11.9 Å². The third-order valence-corrected chi connectivity index (χ3v) is 3.97. The molecule has 1 unspecified atom stereocenters. The van der Waals surface area contributed by atoms with Crippen molar-refractivity contribution in [1.29, 1.82) is 0 Å². The Bertz CT molecular complexity index is 775. The molecule has 0 bridgehead atoms. The number of hydrogen-bond donors (Lipinski definition) is 1. The van der Waals surface area contributed by atoms with Crippen molar-refractivity contribution in [2.24, 2.45) is 0 Å². The van der Waals surface area contributed by atoms with Gasteiger partial charge in [-0.3, -0.25) is 9.78 Å². The van der Waals surface area contributed by atoms with Gasteiger partial charge in [-0.1, -0.05) is 29.8 Å². The van der Waals surface area contributed by atoms with Crippen LogP contribution in [0.4, 0.5) is 0 Å². The van der Waals surface area contributed by atoms with Crippen molar-refractivity contribution in [2.45, 2.75) is 13.0 Å². The minimum atomic E-state index is -1.06. The number of aryl methyl sites for hydroxylation is 1. The third kappa shape index (κ3) is 3.44. The molecule has 6 heteroatoms. The maximum Gasteiger partial charge on any atom is 0.334 e. The minimum Gasteiger partial charge on any atom is -0.479 e. The number of rotatable bonds is 3. The van der Waals surface area contributed by atoms with Gasteiger partial charge in [-0.25, -0.2) is 4.79 Å². The molecule has 2 heterocycles. The molecule has 6 nitrogen and oxygen atoms in total. The molecule has 1 aromatic heterocycles. The molecule has 0 saturated carbocycles. The first-order chi connectivity index (χ1) is 11.5. The van der Waals surface area contributed by atoms with E-state index < -0.39 is 12.1 Å². The first-order valence-corrected chi connectivity index (χ1v) is 7.70. The number of carbonyl (C=O) groups is 2. The zero-order chi connectivity index (χ0) is 17.1. The monoisotopic (exact) mass is 326 g/mol. The van der Waals surface area contributed by atoms with Gasteiger partial charge in [-0.15, -0.1) is 0 Å². The smallest absolute Gasteiger partial charge is 0.334 e. The Kier molecular flexibility index (Phi) is 4.57. The largest absolute Gasteiger partial charge is 0.479 e. The lowest BCUT2D eigenvalue weighted by atomic mass is 10.0. The van der Waals surface area contributed by atoms with E-state index in [1.165, 1.54) is 11.1 Å². The molecule has 1 fully saturated rings. The van der Waals surface area contributed by atoms with E-state index in [4.69, 9.17) is 9.84 Å². The Hall–Kier alpha value is -2.73. The molecule has 24 heavy (non-hydrogen) atoms. The summed E-state index contributed by atoms with van der Waals surface area (Å²) in [4.78, 5) is 29.4. The minimum absolute atomic E-state index is 0.0445. The van der Waals surface area contributed by atoms with Gasteiger partial charge in [0.25, 0.3) is 5.91 Å². The normalized spacial score (nSPS) is 17.5. The van der Waals surface area contributed by atoms with Crippen LogP contribution in [0.2, 0.25) is 0 Å². The summed E-state index contributed by atoms with van der Waals surface area (Å²) in [6, 6.07) is 9.74. The second-order valence-corrected chi connectivity index (χ2v) is 5.78. The Morgan fingerprint density at radius 2 is 2.08 bits per heavy atom. The lowest BCUT2D eigenvalue weighted by molar-refractivity contribution is -0.154. The molecule has 1 atom stereocenters. The van der Waals surface area contributed by atoms with Crippen molar-refractivity contribution in [3.8, 4) is 11.1 Å². The van der Waals surface area contributed by atoms with Crippen LogP contribution in [0.3, 0.4) is 0 Å². The lowest BCUT2D eigenvalue weighted by Gasteiger charge is -2.30. The number of aromatic nitrogens is 1. The highest BCUT2D eigenvalue weighted by atomic mass is 16.5. The molecule has 0 radical (unpaired) electrons. The van der Waals surface area contributed by atoms with Crippen LogP contribution < -0.4 is 0 Å². The summed E-state index contributed by atoms with van der Waals surface area (Å²) in [5.74, 6) is -1.29. The Morgan fingerprint density at radius 3 is 2.83 bits per heavy atom. The number of aliphatic carboxylic acids is 1. The zero-order valence-electron chi connectivity index (χ0n) is 13.3. The summed E-state index contributed by atoms with van der Waals surface area (Å²) in [6.45, 7) is 2.64. The van der Waals surface area contributed by atoms with Gasteiger partial charge < -0.3 is 14.7 Å². The summed E-state index contributed by atoms with van der Waals surface area (Å²) in [7, 11) is 0. The number of pyridine rings is 1. The van der Waals surface area contributed by atoms with Crippen molar-refractivity contribution in [1.82, 2.24) is 9.88 Å². The van der Waals surface area contributed by atoms with Gasteiger partial charge in [0.2, 0.25) is 0 Å². The number of hydrogen-bond acceptors (Lipinski definition) is 4. The second-order valence-electron chi connectivity index (χ2n) is 5.78. The number of amides is 1. The quantitative estimate of drug-likeness (QED) is 0.933. The molecule has 1 saturated heterocycles. The molecule has 1 aromatic carbocycles. The Labute approximate surface area is 139 Å². The zero-order valence-corrected chi connectivity index (χ0v) is 13.3. The third-order valence-electron chi connectivity index (χ3n) is 3.97. The van der Waals surface area contributed by atoms with Crippen LogP contribution in [0.1, 0.15) is 15.9 Å². The summed E-state index contributed by atoms with van der Waals surface area (Å²) >= 11 is 0. The highest BCUT2D eigenvalue weighted by molar-refractivity contribution is 5.95. The molecule has 2 aromatic rings. The van der Waals surface area contributed by atoms with Crippen LogP contribution in [0.15, 0.2) is 42.7 Å². The van der Waals surface area contributed by atoms with E-state index in [-0.39, 0.29) is 19.1 Å². The molecule has 1 aliphatic rings. The van der Waals surface area contributed by atoms with E-state index in [0.717, 1.165) is 16.7 Å². The van der Waals surface area contributed by atoms with Gasteiger partial charge >= 0.3 is 5.97 Å². The Balaban J connectivity index is 1.83. The van der Waals surface area contributed by atoms with Gasteiger partial charge in [0, 0.05) is 24.5 Å². The van der Waals surface area contributed by atoms with Crippen LogP contribution in [0, 0.1) is 6.92 Å². The molecule has 3 rings (SSSR count). The lowest BCUT2D eigenvalue weighted by Crippen LogP contribution is -2.48. The van der Waals surface area contributed by atoms with Gasteiger partial charge in [0.15, 0.2) is 6.10 Å². The number of nitrogens with zero attached hydrogens (tertiary/aromatic N) is 2. The fraction of sp³-hybridized carbons (Fsp3) is 0.278. The van der Waals surface area contributed by atoms with Gasteiger partial charge in [0.1, 0.15) is 0 Å². The van der Waals surface area contributed by atoms with Crippen LogP contribution in [-0.4, -0.2) is 52.7 Å². The van der Waals surface area contributed by atoms with Crippen LogP contribution in [-0.2, 0) is 9.53 Å². The highest BCUT2D eigenvalue weighted by Crippen LogP contribution is 2.21. The average Bonchev–Trinajstić information content (AvgIpc) is 2.61. The van der Waals surface area contributed by atoms with Crippen LogP contribution >= 0.6 is 0 Å². The molecule has 1 aliphatic heterocycles. The van der Waals surface area contributed by atoms with Crippen molar-refractivity contribution in [3.05, 3.63) is 53.9 Å². The second kappa shape index (κ2) is 6.80. The van der Waals surface area contributed by atoms with E-state index in [0.29, 0.717) is 12.1 Å². The summed E-state index contributed by atoms with van der Waals surface area (Å²) in [5, 5.41) is 9.05. The van der Waals surface area contributed by atoms with Crippen molar-refractivity contribution in [3.63, 3.8) is 0 Å². The van der Waals surface area contributed by atoms with Gasteiger partial charge in [-0.2, -0.15) is 0 Å². The molecule has 0 spiro atoms.